The SMILES string of the molecule is C#CCC(NN)c1cccc(Cl)c1F. The number of hydrogen-bond donors (Lipinski definition) is 2. The molecule has 0 amide bonds. The zero-order valence-electron chi connectivity index (χ0n) is 7.43. The van der Waals surface area contributed by atoms with E-state index in [4.69, 9.17) is 23.9 Å². The lowest BCUT2D eigenvalue weighted by atomic mass is 10.0. The first-order chi connectivity index (χ1) is 6.70. The number of nitrogens with one attached hydrogen (secondary N) is 1. The van der Waals surface area contributed by atoms with Gasteiger partial charge in [0.2, 0.25) is 0 Å². The van der Waals surface area contributed by atoms with E-state index in [-0.39, 0.29) is 5.02 Å². The van der Waals surface area contributed by atoms with Crippen molar-refractivity contribution < 1.29 is 4.39 Å². The quantitative estimate of drug-likeness (QED) is 0.457. The summed E-state index contributed by atoms with van der Waals surface area (Å²) in [5, 5.41) is 0.0692. The van der Waals surface area contributed by atoms with Crippen molar-refractivity contribution in [3.8, 4) is 12.3 Å². The van der Waals surface area contributed by atoms with Crippen molar-refractivity contribution in [2.75, 3.05) is 0 Å². The number of hydrazine groups is 1. The molecule has 74 valence electrons. The van der Waals surface area contributed by atoms with Gasteiger partial charge in [-0.2, -0.15) is 0 Å². The van der Waals surface area contributed by atoms with Crippen molar-refractivity contribution in [1.29, 1.82) is 0 Å². The summed E-state index contributed by atoms with van der Waals surface area (Å²) in [6, 6.07) is 4.33. The van der Waals surface area contributed by atoms with Crippen molar-refractivity contribution in [2.45, 2.75) is 12.5 Å². The van der Waals surface area contributed by atoms with Crippen LogP contribution in [0.3, 0.4) is 0 Å². The van der Waals surface area contributed by atoms with Crippen molar-refractivity contribution in [3.63, 3.8) is 0 Å². The van der Waals surface area contributed by atoms with Gasteiger partial charge in [0.1, 0.15) is 5.82 Å². The molecule has 0 aliphatic carbocycles. The van der Waals surface area contributed by atoms with Crippen molar-refractivity contribution >= 4 is 11.6 Å². The Morgan fingerprint density at radius 1 is 1.64 bits per heavy atom. The molecule has 1 aromatic rings. The van der Waals surface area contributed by atoms with Crippen LogP contribution in [-0.2, 0) is 0 Å². The topological polar surface area (TPSA) is 38.0 Å². The van der Waals surface area contributed by atoms with E-state index in [0.29, 0.717) is 12.0 Å². The number of nitrogens with two attached hydrogens (primary N) is 1. The first-order valence-corrected chi connectivity index (χ1v) is 4.42. The number of halogens is 2. The van der Waals surface area contributed by atoms with E-state index in [0.717, 1.165) is 0 Å². The summed E-state index contributed by atoms with van der Waals surface area (Å²) in [5.41, 5.74) is 2.83. The van der Waals surface area contributed by atoms with Crippen LogP contribution in [0.25, 0.3) is 0 Å². The summed E-state index contributed by atoms with van der Waals surface area (Å²) >= 11 is 5.62. The van der Waals surface area contributed by atoms with Crippen LogP contribution >= 0.6 is 11.6 Å². The molecule has 0 spiro atoms. The maximum atomic E-state index is 13.5. The van der Waals surface area contributed by atoms with Gasteiger partial charge in [-0.15, -0.1) is 12.3 Å². The first-order valence-electron chi connectivity index (χ1n) is 4.04. The van der Waals surface area contributed by atoms with Crippen LogP contribution in [0.2, 0.25) is 5.02 Å². The number of terminal acetylenes is 1. The van der Waals surface area contributed by atoms with Gasteiger partial charge in [0.25, 0.3) is 0 Å². The van der Waals surface area contributed by atoms with Crippen molar-refractivity contribution in [2.24, 2.45) is 5.84 Å². The third-order valence-corrected chi connectivity index (χ3v) is 2.17. The highest BCUT2D eigenvalue weighted by molar-refractivity contribution is 6.30. The summed E-state index contributed by atoms with van der Waals surface area (Å²) in [7, 11) is 0. The van der Waals surface area contributed by atoms with Crippen molar-refractivity contribution in [3.05, 3.63) is 34.6 Å². The van der Waals surface area contributed by atoms with Crippen LogP contribution in [0.5, 0.6) is 0 Å². The minimum Gasteiger partial charge on any atom is -0.271 e. The molecule has 3 N–H and O–H groups in total. The molecule has 1 rings (SSSR count). The van der Waals surface area contributed by atoms with E-state index in [2.05, 4.69) is 11.3 Å². The minimum absolute atomic E-state index is 0.0692. The molecule has 4 heteroatoms. The van der Waals surface area contributed by atoms with Crippen LogP contribution in [0.1, 0.15) is 18.0 Å². The van der Waals surface area contributed by atoms with Gasteiger partial charge in [0.05, 0.1) is 11.1 Å². The first kappa shape index (κ1) is 11.0. The van der Waals surface area contributed by atoms with Crippen molar-refractivity contribution in [1.82, 2.24) is 5.43 Å². The Morgan fingerprint density at radius 2 is 2.36 bits per heavy atom. The average molecular weight is 213 g/mol. The molecule has 14 heavy (non-hydrogen) atoms. The molecule has 1 aromatic carbocycles. The highest BCUT2D eigenvalue weighted by Gasteiger charge is 2.14. The van der Waals surface area contributed by atoms with E-state index in [1.165, 1.54) is 6.07 Å². The molecule has 0 saturated heterocycles. The standard InChI is InChI=1S/C10H10ClFN2/c1-2-4-9(14-13)7-5-3-6-8(11)10(7)12/h1,3,5-6,9,14H,4,13H2. The smallest absolute Gasteiger partial charge is 0.146 e. The van der Waals surface area contributed by atoms with Crippen LogP contribution in [0.15, 0.2) is 18.2 Å². The molecule has 0 aliphatic heterocycles. The summed E-state index contributed by atoms with van der Waals surface area (Å²) in [6.07, 6.45) is 5.44. The summed E-state index contributed by atoms with van der Waals surface area (Å²) in [6.45, 7) is 0. The lowest BCUT2D eigenvalue weighted by Gasteiger charge is -2.14. The zero-order valence-corrected chi connectivity index (χ0v) is 8.18. The van der Waals surface area contributed by atoms with E-state index in [1.807, 2.05) is 0 Å². The van der Waals surface area contributed by atoms with E-state index in [9.17, 15) is 4.39 Å². The maximum Gasteiger partial charge on any atom is 0.146 e. The summed E-state index contributed by atoms with van der Waals surface area (Å²) in [5.74, 6) is 7.19. The lowest BCUT2D eigenvalue weighted by molar-refractivity contribution is 0.521. The predicted octanol–water partition coefficient (Wildman–Crippen LogP) is 2.01. The highest BCUT2D eigenvalue weighted by Crippen LogP contribution is 2.24. The minimum atomic E-state index is -0.479. The molecule has 0 aliphatic rings. The number of rotatable bonds is 3. The molecular weight excluding hydrogens is 203 g/mol. The monoisotopic (exact) mass is 212 g/mol. The summed E-state index contributed by atoms with van der Waals surface area (Å²) in [4.78, 5) is 0. The Kier molecular flexibility index (Phi) is 3.90. The molecule has 0 fully saturated rings. The van der Waals surface area contributed by atoms with Gasteiger partial charge in [-0.05, 0) is 6.07 Å². The Morgan fingerprint density at radius 3 is 2.93 bits per heavy atom. The Bertz CT molecular complexity index is 360. The molecule has 1 unspecified atom stereocenters. The Hall–Kier alpha value is -1.08. The second-order valence-electron chi connectivity index (χ2n) is 2.77. The second-order valence-corrected chi connectivity index (χ2v) is 3.18. The molecule has 0 bridgehead atoms. The van der Waals surface area contributed by atoms with E-state index in [1.54, 1.807) is 12.1 Å². The normalized spacial score (nSPS) is 12.1. The van der Waals surface area contributed by atoms with E-state index < -0.39 is 11.9 Å². The molecule has 0 radical (unpaired) electrons. The third kappa shape index (κ3) is 2.24. The third-order valence-electron chi connectivity index (χ3n) is 1.88. The summed E-state index contributed by atoms with van der Waals surface area (Å²) < 4.78 is 13.5. The van der Waals surface area contributed by atoms with Gasteiger partial charge in [0, 0.05) is 12.0 Å². The van der Waals surface area contributed by atoms with Gasteiger partial charge in [-0.25, -0.2) is 4.39 Å². The predicted molar refractivity (Wildman–Crippen MR) is 54.9 cm³/mol. The fraction of sp³-hybridized carbons (Fsp3) is 0.200. The second kappa shape index (κ2) is 4.97. The fourth-order valence-corrected chi connectivity index (χ4v) is 1.35. The van der Waals surface area contributed by atoms with Gasteiger partial charge in [-0.1, -0.05) is 23.7 Å². The average Bonchev–Trinajstić information content (AvgIpc) is 2.19. The van der Waals surface area contributed by atoms with E-state index >= 15 is 0 Å². The maximum absolute atomic E-state index is 13.5. The molecule has 0 heterocycles. The van der Waals surface area contributed by atoms with Gasteiger partial charge >= 0.3 is 0 Å². The van der Waals surface area contributed by atoms with Crippen LogP contribution in [0.4, 0.5) is 4.39 Å². The molecular formula is C10H10ClFN2. The van der Waals surface area contributed by atoms with Gasteiger partial charge < -0.3 is 0 Å². The van der Waals surface area contributed by atoms with Crippen LogP contribution < -0.4 is 11.3 Å². The van der Waals surface area contributed by atoms with Gasteiger partial charge in [-0.3, -0.25) is 11.3 Å². The largest absolute Gasteiger partial charge is 0.271 e. The molecule has 0 saturated carbocycles. The lowest BCUT2D eigenvalue weighted by Crippen LogP contribution is -2.28. The Balaban J connectivity index is 3.05. The number of benzene rings is 1. The molecule has 0 aromatic heterocycles. The fourth-order valence-electron chi connectivity index (χ4n) is 1.17. The van der Waals surface area contributed by atoms with Crippen LogP contribution in [-0.4, -0.2) is 0 Å². The highest BCUT2D eigenvalue weighted by atomic mass is 35.5. The van der Waals surface area contributed by atoms with Gasteiger partial charge in [0.15, 0.2) is 0 Å². The Labute approximate surface area is 87.2 Å². The molecule has 1 atom stereocenters. The zero-order chi connectivity index (χ0) is 10.6. The van der Waals surface area contributed by atoms with Crippen LogP contribution in [0, 0.1) is 18.2 Å². The number of hydrogen-bond acceptors (Lipinski definition) is 2. The molecule has 2 nitrogen and oxygen atoms in total.